The fourth-order valence-corrected chi connectivity index (χ4v) is 2.66. The average Bonchev–Trinajstić information content (AvgIpc) is 2.57. The summed E-state index contributed by atoms with van der Waals surface area (Å²) >= 11 is 0. The number of hydrogen-bond acceptors (Lipinski definition) is 5. The Morgan fingerprint density at radius 3 is 2.44 bits per heavy atom. The van der Waals surface area contributed by atoms with Crippen LogP contribution in [0.25, 0.3) is 0 Å². The van der Waals surface area contributed by atoms with Gasteiger partial charge in [-0.3, -0.25) is 9.69 Å². The fourth-order valence-electron chi connectivity index (χ4n) is 2.66. The number of amides is 1. The Bertz CT molecular complexity index is 287. The van der Waals surface area contributed by atoms with Crippen LogP contribution in [0.2, 0.25) is 0 Å². The molecule has 5 atom stereocenters. The van der Waals surface area contributed by atoms with Crippen molar-refractivity contribution in [3.05, 3.63) is 0 Å². The van der Waals surface area contributed by atoms with Crippen molar-refractivity contribution in [1.29, 1.82) is 0 Å². The first-order valence-electron chi connectivity index (χ1n) is 6.47. The van der Waals surface area contributed by atoms with E-state index in [1.807, 2.05) is 11.8 Å². The largest absolute Gasteiger partial charge is 0.395 e. The normalized spacial score (nSPS) is 34.7. The summed E-state index contributed by atoms with van der Waals surface area (Å²) in [5.41, 5.74) is 5.28. The minimum atomic E-state index is -1.05. The number of carbonyl (C=O) groups is 1. The maximum absolute atomic E-state index is 11.3. The van der Waals surface area contributed by atoms with Gasteiger partial charge in [-0.15, -0.1) is 0 Å². The molecule has 1 aliphatic rings. The number of aliphatic hydroxyl groups is 3. The number of carbonyl (C=O) groups excluding carboxylic acids is 1. The molecule has 5 unspecified atom stereocenters. The smallest absolute Gasteiger partial charge is 0.221 e. The van der Waals surface area contributed by atoms with Crippen LogP contribution >= 0.6 is 0 Å². The first kappa shape index (κ1) is 15.4. The lowest BCUT2D eigenvalue weighted by atomic mass is 9.95. The zero-order chi connectivity index (χ0) is 13.9. The van der Waals surface area contributed by atoms with Crippen molar-refractivity contribution in [2.24, 2.45) is 11.7 Å². The Morgan fingerprint density at radius 1 is 1.39 bits per heavy atom. The van der Waals surface area contributed by atoms with Gasteiger partial charge in [0, 0.05) is 6.04 Å². The summed E-state index contributed by atoms with van der Waals surface area (Å²) in [5.74, 6) is -1.07. The topological polar surface area (TPSA) is 107 Å². The van der Waals surface area contributed by atoms with Gasteiger partial charge in [-0.1, -0.05) is 20.3 Å². The number of rotatable bonds is 6. The highest BCUT2D eigenvalue weighted by Crippen LogP contribution is 2.30. The number of unbranched alkanes of at least 4 members (excludes halogenated alkanes) is 1. The molecule has 1 heterocycles. The summed E-state index contributed by atoms with van der Waals surface area (Å²) in [6.07, 6.45) is -0.267. The van der Waals surface area contributed by atoms with Gasteiger partial charge < -0.3 is 21.1 Å². The summed E-state index contributed by atoms with van der Waals surface area (Å²) in [6, 6.07) is -1.06. The molecule has 0 spiro atoms. The van der Waals surface area contributed by atoms with E-state index in [1.165, 1.54) is 0 Å². The molecule has 1 aliphatic heterocycles. The van der Waals surface area contributed by atoms with E-state index >= 15 is 0 Å². The van der Waals surface area contributed by atoms with Gasteiger partial charge in [-0.2, -0.15) is 0 Å². The standard InChI is InChI=1S/C12H24N2O4/c1-3-4-5-14-8(6-15)10(16)11(17)9(14)7(2)12(13)18/h7-11,15-17H,3-6H2,1-2H3,(H2,13,18). The van der Waals surface area contributed by atoms with E-state index < -0.39 is 36.1 Å². The molecule has 6 heteroatoms. The number of hydrogen-bond donors (Lipinski definition) is 4. The molecule has 0 saturated carbocycles. The van der Waals surface area contributed by atoms with Gasteiger partial charge in [0.25, 0.3) is 0 Å². The Morgan fingerprint density at radius 2 is 2.00 bits per heavy atom. The SMILES string of the molecule is CCCCN1C(CO)C(O)C(O)C1C(C)C(N)=O. The highest BCUT2D eigenvalue weighted by atomic mass is 16.3. The molecule has 1 rings (SSSR count). The number of primary amides is 1. The molecule has 1 saturated heterocycles. The van der Waals surface area contributed by atoms with Crippen LogP contribution in [0.1, 0.15) is 26.7 Å². The van der Waals surface area contributed by atoms with Crippen molar-refractivity contribution in [2.45, 2.75) is 51.0 Å². The second-order valence-corrected chi connectivity index (χ2v) is 5.00. The van der Waals surface area contributed by atoms with Gasteiger partial charge in [0.2, 0.25) is 5.91 Å². The maximum Gasteiger partial charge on any atom is 0.221 e. The third-order valence-corrected chi connectivity index (χ3v) is 3.82. The highest BCUT2D eigenvalue weighted by molar-refractivity contribution is 5.77. The van der Waals surface area contributed by atoms with Crippen molar-refractivity contribution >= 4 is 5.91 Å². The first-order valence-corrected chi connectivity index (χ1v) is 6.47. The van der Waals surface area contributed by atoms with Gasteiger partial charge in [0.1, 0.15) is 0 Å². The minimum Gasteiger partial charge on any atom is -0.395 e. The van der Waals surface area contributed by atoms with Crippen LogP contribution < -0.4 is 5.73 Å². The molecule has 1 amide bonds. The van der Waals surface area contributed by atoms with Crippen molar-refractivity contribution in [3.8, 4) is 0 Å². The number of aliphatic hydroxyl groups excluding tert-OH is 3. The van der Waals surface area contributed by atoms with E-state index in [0.717, 1.165) is 12.8 Å². The Hall–Kier alpha value is -0.690. The molecule has 0 aromatic rings. The van der Waals surface area contributed by atoms with Gasteiger partial charge in [-0.25, -0.2) is 0 Å². The summed E-state index contributed by atoms with van der Waals surface area (Å²) in [5, 5.41) is 29.3. The summed E-state index contributed by atoms with van der Waals surface area (Å²) < 4.78 is 0. The summed E-state index contributed by atoms with van der Waals surface area (Å²) in [4.78, 5) is 13.1. The van der Waals surface area contributed by atoms with Crippen LogP contribution in [0.15, 0.2) is 0 Å². The van der Waals surface area contributed by atoms with Crippen LogP contribution in [0, 0.1) is 5.92 Å². The van der Waals surface area contributed by atoms with Crippen LogP contribution in [0.5, 0.6) is 0 Å². The predicted molar refractivity (Wildman–Crippen MR) is 66.6 cm³/mol. The Labute approximate surface area is 107 Å². The molecule has 1 fully saturated rings. The molecule has 106 valence electrons. The third kappa shape index (κ3) is 2.83. The molecule has 5 N–H and O–H groups in total. The van der Waals surface area contributed by atoms with E-state index in [0.29, 0.717) is 6.54 Å². The van der Waals surface area contributed by atoms with E-state index in [4.69, 9.17) is 5.73 Å². The number of nitrogens with two attached hydrogens (primary N) is 1. The molecule has 18 heavy (non-hydrogen) atoms. The lowest BCUT2D eigenvalue weighted by Crippen LogP contribution is -2.48. The Balaban J connectivity index is 2.91. The van der Waals surface area contributed by atoms with E-state index in [-0.39, 0.29) is 6.61 Å². The maximum atomic E-state index is 11.3. The van der Waals surface area contributed by atoms with Crippen molar-refractivity contribution in [2.75, 3.05) is 13.2 Å². The monoisotopic (exact) mass is 260 g/mol. The van der Waals surface area contributed by atoms with Crippen molar-refractivity contribution in [1.82, 2.24) is 4.90 Å². The number of nitrogens with zero attached hydrogens (tertiary/aromatic N) is 1. The zero-order valence-corrected chi connectivity index (χ0v) is 11.0. The van der Waals surface area contributed by atoms with Crippen molar-refractivity contribution in [3.63, 3.8) is 0 Å². The highest BCUT2D eigenvalue weighted by Gasteiger charge is 2.49. The van der Waals surface area contributed by atoms with Crippen LogP contribution in [0.3, 0.4) is 0 Å². The lowest BCUT2D eigenvalue weighted by molar-refractivity contribution is -0.124. The molecule has 0 bridgehead atoms. The quantitative estimate of drug-likeness (QED) is 0.473. The van der Waals surface area contributed by atoms with Gasteiger partial charge in [-0.05, 0) is 13.0 Å². The average molecular weight is 260 g/mol. The van der Waals surface area contributed by atoms with Crippen LogP contribution in [-0.4, -0.2) is 63.6 Å². The molecule has 0 aromatic carbocycles. The lowest BCUT2D eigenvalue weighted by Gasteiger charge is -2.32. The number of likely N-dealkylation sites (tertiary alicyclic amines) is 1. The molecule has 6 nitrogen and oxygen atoms in total. The summed E-state index contributed by atoms with van der Waals surface area (Å²) in [6.45, 7) is 4.05. The van der Waals surface area contributed by atoms with Crippen LogP contribution in [0.4, 0.5) is 0 Å². The van der Waals surface area contributed by atoms with Crippen molar-refractivity contribution < 1.29 is 20.1 Å². The minimum absolute atomic E-state index is 0.246. The van der Waals surface area contributed by atoms with E-state index in [9.17, 15) is 20.1 Å². The third-order valence-electron chi connectivity index (χ3n) is 3.82. The molecule has 0 aromatic heterocycles. The van der Waals surface area contributed by atoms with E-state index in [2.05, 4.69) is 0 Å². The second kappa shape index (κ2) is 6.47. The fraction of sp³-hybridized carbons (Fsp3) is 0.917. The van der Waals surface area contributed by atoms with E-state index in [1.54, 1.807) is 6.92 Å². The molecule has 0 radical (unpaired) electrons. The van der Waals surface area contributed by atoms with Gasteiger partial charge >= 0.3 is 0 Å². The van der Waals surface area contributed by atoms with Crippen LogP contribution in [-0.2, 0) is 4.79 Å². The molecule has 0 aliphatic carbocycles. The zero-order valence-electron chi connectivity index (χ0n) is 11.0. The predicted octanol–water partition coefficient (Wildman–Crippen LogP) is -1.33. The first-order chi connectivity index (χ1) is 8.45. The summed E-state index contributed by atoms with van der Waals surface area (Å²) in [7, 11) is 0. The molecular formula is C12H24N2O4. The van der Waals surface area contributed by atoms with Gasteiger partial charge in [0.15, 0.2) is 0 Å². The second-order valence-electron chi connectivity index (χ2n) is 5.00. The van der Waals surface area contributed by atoms with Gasteiger partial charge in [0.05, 0.1) is 30.8 Å². The molecular weight excluding hydrogens is 236 g/mol. The Kier molecular flexibility index (Phi) is 5.52.